The van der Waals surface area contributed by atoms with E-state index in [1.807, 2.05) is 6.08 Å². The van der Waals surface area contributed by atoms with Crippen LogP contribution in [0.1, 0.15) is 110 Å². The second-order valence-corrected chi connectivity index (χ2v) is 7.68. The van der Waals surface area contributed by atoms with Crippen LogP contribution in [0.4, 0.5) is 0 Å². The average molecular weight is 373 g/mol. The Balaban J connectivity index is 0. The highest BCUT2D eigenvalue weighted by atomic mass is 14.1. The monoisotopic (exact) mass is 372 g/mol. The van der Waals surface area contributed by atoms with Crippen molar-refractivity contribution < 1.29 is 0 Å². The zero-order chi connectivity index (χ0) is 21.1. The summed E-state index contributed by atoms with van der Waals surface area (Å²) in [6.45, 7) is 23.1. The molecule has 0 saturated carbocycles. The van der Waals surface area contributed by atoms with Crippen molar-refractivity contribution >= 4 is 5.57 Å². The molecule has 0 heteroatoms. The van der Waals surface area contributed by atoms with E-state index >= 15 is 0 Å². The van der Waals surface area contributed by atoms with Gasteiger partial charge >= 0.3 is 0 Å². The van der Waals surface area contributed by atoms with Crippen molar-refractivity contribution in [2.45, 2.75) is 106 Å². The molecule has 0 aliphatic heterocycles. The smallest absolute Gasteiger partial charge is 0.0219 e. The van der Waals surface area contributed by atoms with Crippen molar-refractivity contribution in [3.63, 3.8) is 0 Å². The van der Waals surface area contributed by atoms with Crippen molar-refractivity contribution in [1.29, 1.82) is 0 Å². The molecule has 27 heavy (non-hydrogen) atoms. The largest absolute Gasteiger partial charge is 0.103 e. The summed E-state index contributed by atoms with van der Waals surface area (Å²) in [6.07, 6.45) is 13.7. The fourth-order valence-electron chi connectivity index (χ4n) is 2.52. The summed E-state index contributed by atoms with van der Waals surface area (Å²) in [5.41, 5.74) is 5.46. The first kappa shape index (κ1) is 27.9. The van der Waals surface area contributed by atoms with E-state index in [4.69, 9.17) is 0 Å². The van der Waals surface area contributed by atoms with Crippen molar-refractivity contribution in [1.82, 2.24) is 0 Å². The number of benzene rings is 1. The predicted molar refractivity (Wildman–Crippen MR) is 129 cm³/mol. The van der Waals surface area contributed by atoms with Crippen molar-refractivity contribution in [2.75, 3.05) is 0 Å². The molecule has 0 fully saturated rings. The molecular weight excluding hydrogens is 324 g/mol. The molecule has 1 aromatic carbocycles. The molecule has 0 atom stereocenters. The molecule has 0 heterocycles. The molecule has 0 bridgehead atoms. The van der Waals surface area contributed by atoms with Crippen LogP contribution >= 0.6 is 0 Å². The van der Waals surface area contributed by atoms with Crippen LogP contribution in [0.5, 0.6) is 0 Å². The molecule has 1 aromatic rings. The molecule has 0 unspecified atom stereocenters. The zero-order valence-electron chi connectivity index (χ0n) is 19.7. The van der Waals surface area contributed by atoms with Crippen LogP contribution in [0, 0.1) is 12.8 Å². The van der Waals surface area contributed by atoms with Gasteiger partial charge in [-0.15, -0.1) is 6.58 Å². The van der Waals surface area contributed by atoms with Gasteiger partial charge in [0.15, 0.2) is 0 Å². The number of unbranched alkanes of at least 4 members (excludes halogenated alkanes) is 5. The van der Waals surface area contributed by atoms with Gasteiger partial charge < -0.3 is 0 Å². The SMILES string of the molecule is C=C(c1ccc(C)c(CCCC)c1)C(C)C.C=CCC.CCCCCCC. The van der Waals surface area contributed by atoms with E-state index in [-0.39, 0.29) is 0 Å². The van der Waals surface area contributed by atoms with Gasteiger partial charge in [0.2, 0.25) is 0 Å². The number of rotatable bonds is 10. The summed E-state index contributed by atoms with van der Waals surface area (Å²) in [5, 5.41) is 0. The van der Waals surface area contributed by atoms with E-state index in [1.165, 1.54) is 73.6 Å². The minimum Gasteiger partial charge on any atom is -0.103 e. The van der Waals surface area contributed by atoms with Crippen LogP contribution in [-0.4, -0.2) is 0 Å². The van der Waals surface area contributed by atoms with Crippen LogP contribution in [0.2, 0.25) is 0 Å². The quantitative estimate of drug-likeness (QED) is 0.283. The lowest BCUT2D eigenvalue weighted by Crippen LogP contribution is -1.96. The fraction of sp³-hybridized carbons (Fsp3) is 0.630. The highest BCUT2D eigenvalue weighted by molar-refractivity contribution is 5.65. The summed E-state index contributed by atoms with van der Waals surface area (Å²) < 4.78 is 0. The Morgan fingerprint density at radius 1 is 0.926 bits per heavy atom. The lowest BCUT2D eigenvalue weighted by Gasteiger charge is -2.13. The minimum atomic E-state index is 0.529. The zero-order valence-corrected chi connectivity index (χ0v) is 19.7. The topological polar surface area (TPSA) is 0 Å². The van der Waals surface area contributed by atoms with E-state index in [0.29, 0.717) is 5.92 Å². The first-order valence-corrected chi connectivity index (χ1v) is 11.3. The molecule has 0 N–H and O–H groups in total. The second-order valence-electron chi connectivity index (χ2n) is 7.68. The molecule has 0 spiro atoms. The molecule has 0 aromatic heterocycles. The predicted octanol–water partition coefficient (Wildman–Crippen LogP) is 9.57. The maximum Gasteiger partial charge on any atom is -0.0219 e. The Kier molecular flexibility index (Phi) is 20.1. The third-order valence-electron chi connectivity index (χ3n) is 4.71. The number of hydrogen-bond donors (Lipinski definition) is 0. The van der Waals surface area contributed by atoms with Crippen molar-refractivity contribution in [3.8, 4) is 0 Å². The van der Waals surface area contributed by atoms with Gasteiger partial charge in [-0.1, -0.05) is 111 Å². The second kappa shape index (κ2) is 19.5. The number of hydrogen-bond acceptors (Lipinski definition) is 0. The molecule has 0 amide bonds. The van der Waals surface area contributed by atoms with Crippen LogP contribution < -0.4 is 0 Å². The highest BCUT2D eigenvalue weighted by Gasteiger charge is 2.06. The summed E-state index contributed by atoms with van der Waals surface area (Å²) in [4.78, 5) is 0. The van der Waals surface area contributed by atoms with Gasteiger partial charge in [0, 0.05) is 0 Å². The Morgan fingerprint density at radius 3 is 1.85 bits per heavy atom. The maximum atomic E-state index is 4.18. The van der Waals surface area contributed by atoms with E-state index in [0.717, 1.165) is 6.42 Å². The van der Waals surface area contributed by atoms with Gasteiger partial charge in [0.25, 0.3) is 0 Å². The van der Waals surface area contributed by atoms with Gasteiger partial charge in [-0.3, -0.25) is 0 Å². The summed E-state index contributed by atoms with van der Waals surface area (Å²) >= 11 is 0. The fourth-order valence-corrected chi connectivity index (χ4v) is 2.52. The van der Waals surface area contributed by atoms with Crippen LogP contribution in [0.15, 0.2) is 37.4 Å². The molecule has 0 radical (unpaired) electrons. The molecule has 0 nitrogen and oxygen atoms in total. The summed E-state index contributed by atoms with van der Waals surface area (Å²) in [6, 6.07) is 6.76. The first-order valence-electron chi connectivity index (χ1n) is 11.3. The van der Waals surface area contributed by atoms with E-state index in [9.17, 15) is 0 Å². The molecule has 0 aliphatic rings. The number of allylic oxidation sites excluding steroid dienone is 2. The van der Waals surface area contributed by atoms with Gasteiger partial charge in [-0.05, 0) is 54.4 Å². The normalized spacial score (nSPS) is 9.78. The van der Waals surface area contributed by atoms with Gasteiger partial charge in [-0.2, -0.15) is 0 Å². The Hall–Kier alpha value is -1.30. The standard InChI is InChI=1S/C16H24.C7H16.C4H8/c1-6-7-8-15-11-16(10-9-13(15)4)14(5)12(2)3;1-3-5-7-6-4-2;1-3-4-2/h9-12H,5-8H2,1-4H3;3-7H2,1-2H3;3H,1,4H2,2H3. The molecule has 0 aliphatic carbocycles. The van der Waals surface area contributed by atoms with Crippen molar-refractivity contribution in [2.24, 2.45) is 5.92 Å². The van der Waals surface area contributed by atoms with Gasteiger partial charge in [0.1, 0.15) is 0 Å². The van der Waals surface area contributed by atoms with Crippen LogP contribution in [0.3, 0.4) is 0 Å². The molecule has 1 rings (SSSR count). The van der Waals surface area contributed by atoms with Gasteiger partial charge in [0.05, 0.1) is 0 Å². The van der Waals surface area contributed by atoms with E-state index in [2.05, 4.69) is 79.8 Å². The Labute approximate surface area is 172 Å². The van der Waals surface area contributed by atoms with E-state index in [1.54, 1.807) is 0 Å². The third-order valence-corrected chi connectivity index (χ3v) is 4.71. The Morgan fingerprint density at radius 2 is 1.44 bits per heavy atom. The highest BCUT2D eigenvalue weighted by Crippen LogP contribution is 2.24. The summed E-state index contributed by atoms with van der Waals surface area (Å²) in [7, 11) is 0. The van der Waals surface area contributed by atoms with Gasteiger partial charge in [-0.25, -0.2) is 0 Å². The van der Waals surface area contributed by atoms with Crippen molar-refractivity contribution in [3.05, 3.63) is 54.1 Å². The van der Waals surface area contributed by atoms with E-state index < -0.39 is 0 Å². The lowest BCUT2D eigenvalue weighted by atomic mass is 9.92. The Bertz CT molecular complexity index is 475. The molecule has 156 valence electrons. The molecular formula is C27H48. The maximum absolute atomic E-state index is 4.18. The minimum absolute atomic E-state index is 0.529. The average Bonchev–Trinajstić information content (AvgIpc) is 2.68. The first-order chi connectivity index (χ1) is 12.9. The number of aryl methyl sites for hydroxylation is 2. The third kappa shape index (κ3) is 15.5. The van der Waals surface area contributed by atoms with Crippen LogP contribution in [-0.2, 0) is 6.42 Å². The van der Waals surface area contributed by atoms with Crippen LogP contribution in [0.25, 0.3) is 5.57 Å². The summed E-state index contributed by atoms with van der Waals surface area (Å²) in [5.74, 6) is 0.529. The molecule has 0 saturated heterocycles. The lowest BCUT2D eigenvalue weighted by molar-refractivity contribution is 0.656.